The van der Waals surface area contributed by atoms with Gasteiger partial charge in [0.05, 0.1) is 26.4 Å². The van der Waals surface area contributed by atoms with E-state index in [2.05, 4.69) is 113 Å². The van der Waals surface area contributed by atoms with Crippen molar-refractivity contribution in [3.8, 4) is 0 Å². The summed E-state index contributed by atoms with van der Waals surface area (Å²) in [4.78, 5) is 72.6. The minimum Gasteiger partial charge on any atom is -0.462 e. The number of allylic oxidation sites excluding steroid dienone is 14. The zero-order chi connectivity index (χ0) is 69.0. The molecule has 0 bridgehead atoms. The lowest BCUT2D eigenvalue weighted by atomic mass is 10.0. The van der Waals surface area contributed by atoms with Gasteiger partial charge < -0.3 is 33.8 Å². The van der Waals surface area contributed by atoms with E-state index >= 15 is 0 Å². The first-order valence-electron chi connectivity index (χ1n) is 36.8. The van der Waals surface area contributed by atoms with E-state index in [1.807, 2.05) is 0 Å². The second-order valence-electron chi connectivity index (χ2n) is 24.5. The molecule has 0 aliphatic heterocycles. The average molecular weight is 1370 g/mol. The summed E-state index contributed by atoms with van der Waals surface area (Å²) in [5.41, 5.74) is 0. The van der Waals surface area contributed by atoms with Crippen molar-refractivity contribution in [3.05, 3.63) is 85.1 Å². The number of aliphatic hydroxyl groups is 1. The zero-order valence-corrected chi connectivity index (χ0v) is 60.9. The van der Waals surface area contributed by atoms with Gasteiger partial charge in [-0.3, -0.25) is 37.3 Å². The first-order chi connectivity index (χ1) is 45.7. The van der Waals surface area contributed by atoms with Crippen molar-refractivity contribution in [2.24, 2.45) is 0 Å². The molecule has 0 radical (unpaired) electrons. The van der Waals surface area contributed by atoms with E-state index in [-0.39, 0.29) is 25.7 Å². The lowest BCUT2D eigenvalue weighted by molar-refractivity contribution is -0.161. The number of ether oxygens (including phenoxy) is 4. The fraction of sp³-hybridized carbons (Fsp3) is 0.760. The summed E-state index contributed by atoms with van der Waals surface area (Å²) >= 11 is 0. The second kappa shape index (κ2) is 67.8. The maximum Gasteiger partial charge on any atom is 0.472 e. The quantitative estimate of drug-likeness (QED) is 0.0169. The van der Waals surface area contributed by atoms with Crippen LogP contribution in [0.5, 0.6) is 0 Å². The summed E-state index contributed by atoms with van der Waals surface area (Å²) in [5.74, 6) is -2.22. The van der Waals surface area contributed by atoms with Crippen molar-refractivity contribution in [3.63, 3.8) is 0 Å². The maximum absolute atomic E-state index is 13.0. The Labute approximate surface area is 570 Å². The third-order valence-corrected chi connectivity index (χ3v) is 17.2. The van der Waals surface area contributed by atoms with E-state index in [1.165, 1.54) is 83.5 Å². The molecule has 0 aliphatic rings. The number of phosphoric acid groups is 2. The van der Waals surface area contributed by atoms with Gasteiger partial charge in [-0.2, -0.15) is 0 Å². The molecule has 5 atom stereocenters. The number of esters is 4. The van der Waals surface area contributed by atoms with Gasteiger partial charge in [-0.25, -0.2) is 9.13 Å². The predicted octanol–water partition coefficient (Wildman–Crippen LogP) is 20.7. The molecule has 0 aliphatic carbocycles. The van der Waals surface area contributed by atoms with Gasteiger partial charge in [0.2, 0.25) is 0 Å². The maximum atomic E-state index is 13.0. The number of hydrogen-bond acceptors (Lipinski definition) is 15. The van der Waals surface area contributed by atoms with Crippen LogP contribution in [0.25, 0.3) is 0 Å². The van der Waals surface area contributed by atoms with E-state index in [9.17, 15) is 43.2 Å². The van der Waals surface area contributed by atoms with Crippen LogP contribution in [-0.4, -0.2) is 96.7 Å². The van der Waals surface area contributed by atoms with E-state index in [0.29, 0.717) is 25.7 Å². The van der Waals surface area contributed by atoms with Gasteiger partial charge in [0.25, 0.3) is 0 Å². The minimum atomic E-state index is -4.98. The number of phosphoric ester groups is 2. The topological polar surface area (TPSA) is 237 Å². The average Bonchev–Trinajstić information content (AvgIpc) is 1.24. The van der Waals surface area contributed by atoms with Crippen molar-refractivity contribution in [1.82, 2.24) is 0 Å². The number of carbonyl (C=O) groups is 4. The lowest BCUT2D eigenvalue weighted by Gasteiger charge is -2.21. The summed E-state index contributed by atoms with van der Waals surface area (Å²) in [7, 11) is -9.94. The molecule has 17 nitrogen and oxygen atoms in total. The van der Waals surface area contributed by atoms with Crippen LogP contribution in [-0.2, 0) is 65.4 Å². The number of carbonyl (C=O) groups excluding carboxylic acids is 4. The molecule has 0 spiro atoms. The summed E-state index contributed by atoms with van der Waals surface area (Å²) in [6.45, 7) is 4.63. The normalized spacial score (nSPS) is 14.5. The van der Waals surface area contributed by atoms with Crippen molar-refractivity contribution in [1.29, 1.82) is 0 Å². The van der Waals surface area contributed by atoms with Gasteiger partial charge in [-0.15, -0.1) is 0 Å². The predicted molar refractivity (Wildman–Crippen MR) is 381 cm³/mol. The summed E-state index contributed by atoms with van der Waals surface area (Å²) < 4.78 is 68.2. The molecule has 0 aromatic heterocycles. The molecule has 5 unspecified atom stereocenters. The molecule has 0 aromatic carbocycles. The lowest BCUT2D eigenvalue weighted by Crippen LogP contribution is -2.30. The second-order valence-corrected chi connectivity index (χ2v) is 27.4. The monoisotopic (exact) mass is 1370 g/mol. The number of hydrogen-bond donors (Lipinski definition) is 3. The molecule has 0 saturated carbocycles. The Bertz CT molecular complexity index is 2120. The van der Waals surface area contributed by atoms with Gasteiger partial charge in [0.15, 0.2) is 12.2 Å². The Morgan fingerprint density at radius 1 is 0.309 bits per heavy atom. The van der Waals surface area contributed by atoms with Crippen molar-refractivity contribution >= 4 is 39.5 Å². The number of aliphatic hydroxyl groups excluding tert-OH is 1. The molecule has 0 aromatic rings. The molecular weight excluding hydrogens is 1230 g/mol. The third kappa shape index (κ3) is 66.8. The minimum absolute atomic E-state index is 0.0774. The highest BCUT2D eigenvalue weighted by Gasteiger charge is 2.30. The van der Waals surface area contributed by atoms with Gasteiger partial charge in [-0.1, -0.05) is 260 Å². The van der Waals surface area contributed by atoms with Crippen LogP contribution in [0.2, 0.25) is 0 Å². The Hall–Kier alpha value is -3.76. The Morgan fingerprint density at radius 3 is 0.904 bits per heavy atom. The van der Waals surface area contributed by atoms with Gasteiger partial charge in [-0.05, 0) is 109 Å². The fourth-order valence-corrected chi connectivity index (χ4v) is 11.3. The summed E-state index contributed by atoms with van der Waals surface area (Å²) in [5, 5.41) is 10.6. The van der Waals surface area contributed by atoms with E-state index in [1.54, 1.807) is 0 Å². The highest BCUT2D eigenvalue weighted by atomic mass is 31.2. The van der Waals surface area contributed by atoms with Crippen molar-refractivity contribution in [2.75, 3.05) is 39.6 Å². The molecule has 3 N–H and O–H groups in total. The highest BCUT2D eigenvalue weighted by molar-refractivity contribution is 7.47. The molecule has 0 saturated heterocycles. The van der Waals surface area contributed by atoms with Crippen LogP contribution in [0.15, 0.2) is 85.1 Å². The Kier molecular flexibility index (Phi) is 65.1. The standard InChI is InChI=1S/C75H132O17P2/c1-5-9-13-17-21-25-29-31-32-33-34-35-36-38-42-44-48-52-56-60-73(78)86-66-71(92-75(80)62-58-54-50-46-40-28-24-20-16-12-8-4)68-90-94(83,84)88-64-69(76)63-87-93(81,82)89-67-70(91-74(79)61-57-53-49-45-39-27-23-19-15-11-7-3)65-85-72(77)59-55-51-47-43-41-37-30-26-22-18-14-10-6-2/h9,13,19-21,23-25,31-32,34-35,38,42,69-71,76H,5-8,10-12,14-18,22,26-30,33,36-37,39-41,43-68H2,1-4H3,(H,81,82)(H,83,84)/b13-9-,23-19-,24-20-,25-21-,32-31-,35-34-,42-38-. The fourth-order valence-electron chi connectivity index (χ4n) is 9.68. The molecule has 19 heteroatoms. The van der Waals surface area contributed by atoms with Gasteiger partial charge >= 0.3 is 39.5 Å². The molecule has 94 heavy (non-hydrogen) atoms. The molecule has 0 fully saturated rings. The molecule has 0 rings (SSSR count). The molecular formula is C75H132O17P2. The highest BCUT2D eigenvalue weighted by Crippen LogP contribution is 2.45. The van der Waals surface area contributed by atoms with Crippen LogP contribution in [0.4, 0.5) is 0 Å². The summed E-state index contributed by atoms with van der Waals surface area (Å²) in [6, 6.07) is 0. The summed E-state index contributed by atoms with van der Waals surface area (Å²) in [6.07, 6.45) is 67.4. The Morgan fingerprint density at radius 2 is 0.564 bits per heavy atom. The first kappa shape index (κ1) is 90.2. The number of unbranched alkanes of at least 4 members (excludes halogenated alkanes) is 29. The van der Waals surface area contributed by atoms with Crippen molar-refractivity contribution in [2.45, 2.75) is 329 Å². The first-order valence-corrected chi connectivity index (χ1v) is 39.8. The van der Waals surface area contributed by atoms with E-state index in [4.69, 9.17) is 37.0 Å². The van der Waals surface area contributed by atoms with Crippen LogP contribution < -0.4 is 0 Å². The zero-order valence-electron chi connectivity index (χ0n) is 59.1. The van der Waals surface area contributed by atoms with E-state index < -0.39 is 97.5 Å². The smallest absolute Gasteiger partial charge is 0.462 e. The Balaban J connectivity index is 5.30. The largest absolute Gasteiger partial charge is 0.472 e. The van der Waals surface area contributed by atoms with Crippen LogP contribution >= 0.6 is 15.6 Å². The van der Waals surface area contributed by atoms with E-state index in [0.717, 1.165) is 148 Å². The van der Waals surface area contributed by atoms with Crippen molar-refractivity contribution < 1.29 is 80.2 Å². The molecule has 544 valence electrons. The van der Waals surface area contributed by atoms with Crippen LogP contribution in [0.1, 0.15) is 310 Å². The van der Waals surface area contributed by atoms with Crippen LogP contribution in [0.3, 0.4) is 0 Å². The van der Waals surface area contributed by atoms with Crippen LogP contribution in [0, 0.1) is 0 Å². The molecule has 0 heterocycles. The number of rotatable bonds is 69. The van der Waals surface area contributed by atoms with Gasteiger partial charge in [0, 0.05) is 25.7 Å². The molecule has 0 amide bonds. The van der Waals surface area contributed by atoms with Gasteiger partial charge in [0.1, 0.15) is 19.3 Å². The third-order valence-electron chi connectivity index (χ3n) is 15.3. The SMILES string of the molecule is CC/C=C\C/C=C\C/C=C\C/C=C\C/C=C\CCCCCC(=O)OCC(COP(=O)(O)OCC(O)COP(=O)(O)OCC(COC(=O)CCCCCCCCCCCCCCC)OC(=O)CCCCCCC/C=C\CCCC)OC(=O)CCCCCCC/C=C\CCCC.